The first-order chi connectivity index (χ1) is 13.1. The number of morpholine rings is 1. The molecule has 0 atom stereocenters. The van der Waals surface area contributed by atoms with Crippen LogP contribution in [0.15, 0.2) is 4.99 Å². The molecule has 2 aliphatic heterocycles. The van der Waals surface area contributed by atoms with Crippen LogP contribution in [-0.4, -0.2) is 97.7 Å². The normalized spacial score (nSPS) is 24.7. The molecule has 27 heavy (non-hydrogen) atoms. The molecular formula is C20H37N5O2. The number of aliphatic imine (C=N–C) groups is 1. The van der Waals surface area contributed by atoms with E-state index in [1.54, 1.807) is 6.92 Å². The van der Waals surface area contributed by atoms with Gasteiger partial charge in [-0.15, -0.1) is 0 Å². The van der Waals surface area contributed by atoms with Crippen LogP contribution < -0.4 is 5.32 Å². The monoisotopic (exact) mass is 379 g/mol. The van der Waals surface area contributed by atoms with Crippen molar-refractivity contribution in [3.05, 3.63) is 0 Å². The van der Waals surface area contributed by atoms with E-state index in [9.17, 15) is 4.79 Å². The number of nitrogens with zero attached hydrogens (tertiary/aromatic N) is 4. The highest BCUT2D eigenvalue weighted by Crippen LogP contribution is 2.34. The summed E-state index contributed by atoms with van der Waals surface area (Å²) in [6.45, 7) is 12.6. The molecule has 3 aliphatic rings. The van der Waals surface area contributed by atoms with Gasteiger partial charge < -0.3 is 19.9 Å². The summed E-state index contributed by atoms with van der Waals surface area (Å²) in [5, 5.41) is 3.49. The van der Waals surface area contributed by atoms with Gasteiger partial charge in [-0.1, -0.05) is 19.3 Å². The van der Waals surface area contributed by atoms with Gasteiger partial charge in [0, 0.05) is 58.3 Å². The van der Waals surface area contributed by atoms with Gasteiger partial charge in [0.1, 0.15) is 0 Å². The smallest absolute Gasteiger partial charge is 0.219 e. The SMILES string of the molecule is CCNC(=NCC1(N2CCOCC2)CCCCC1)N1CCN(C(C)=O)CC1. The number of nitrogens with one attached hydrogen (secondary N) is 1. The lowest BCUT2D eigenvalue weighted by Gasteiger charge is -2.47. The predicted molar refractivity (Wildman–Crippen MR) is 108 cm³/mol. The lowest BCUT2D eigenvalue weighted by atomic mass is 9.80. The van der Waals surface area contributed by atoms with Crippen molar-refractivity contribution >= 4 is 11.9 Å². The Labute approximate surface area is 164 Å². The Morgan fingerprint density at radius 3 is 2.22 bits per heavy atom. The molecule has 0 bridgehead atoms. The maximum absolute atomic E-state index is 11.6. The summed E-state index contributed by atoms with van der Waals surface area (Å²) in [6.07, 6.45) is 6.45. The van der Waals surface area contributed by atoms with Gasteiger partial charge in [0.05, 0.1) is 19.8 Å². The minimum Gasteiger partial charge on any atom is -0.379 e. The van der Waals surface area contributed by atoms with Crippen molar-refractivity contribution in [1.29, 1.82) is 0 Å². The van der Waals surface area contributed by atoms with Gasteiger partial charge in [-0.25, -0.2) is 0 Å². The summed E-state index contributed by atoms with van der Waals surface area (Å²) in [5.74, 6) is 1.18. The summed E-state index contributed by atoms with van der Waals surface area (Å²) in [6, 6.07) is 0. The van der Waals surface area contributed by atoms with Crippen LogP contribution in [0.4, 0.5) is 0 Å². The molecule has 3 fully saturated rings. The van der Waals surface area contributed by atoms with Crippen molar-refractivity contribution in [3.8, 4) is 0 Å². The molecule has 154 valence electrons. The molecule has 0 aromatic carbocycles. The van der Waals surface area contributed by atoms with Crippen molar-refractivity contribution in [2.24, 2.45) is 4.99 Å². The molecule has 0 aromatic rings. The molecule has 1 aliphatic carbocycles. The second kappa shape index (κ2) is 9.73. The van der Waals surface area contributed by atoms with E-state index < -0.39 is 0 Å². The van der Waals surface area contributed by atoms with Crippen molar-refractivity contribution in [2.45, 2.75) is 51.5 Å². The minimum atomic E-state index is 0.171. The first-order valence-corrected chi connectivity index (χ1v) is 10.8. The number of hydrogen-bond donors (Lipinski definition) is 1. The third-order valence-electron chi connectivity index (χ3n) is 6.35. The Kier molecular flexibility index (Phi) is 7.35. The molecule has 2 heterocycles. The molecule has 0 radical (unpaired) electrons. The van der Waals surface area contributed by atoms with Crippen LogP contribution in [0.1, 0.15) is 46.0 Å². The molecule has 0 spiro atoms. The highest BCUT2D eigenvalue weighted by Gasteiger charge is 2.38. The highest BCUT2D eigenvalue weighted by molar-refractivity contribution is 5.80. The van der Waals surface area contributed by atoms with Crippen molar-refractivity contribution in [3.63, 3.8) is 0 Å². The predicted octanol–water partition coefficient (Wildman–Crippen LogP) is 1.15. The second-order valence-corrected chi connectivity index (χ2v) is 8.05. The molecular weight excluding hydrogens is 342 g/mol. The molecule has 2 saturated heterocycles. The Morgan fingerprint density at radius 1 is 1.00 bits per heavy atom. The first kappa shape index (κ1) is 20.4. The van der Waals surface area contributed by atoms with E-state index in [1.165, 1.54) is 32.1 Å². The van der Waals surface area contributed by atoms with Crippen LogP contribution in [0.5, 0.6) is 0 Å². The Balaban J connectivity index is 1.69. The van der Waals surface area contributed by atoms with Crippen LogP contribution >= 0.6 is 0 Å². The van der Waals surface area contributed by atoms with Gasteiger partial charge in [-0.3, -0.25) is 14.7 Å². The van der Waals surface area contributed by atoms with Gasteiger partial charge >= 0.3 is 0 Å². The van der Waals surface area contributed by atoms with E-state index in [4.69, 9.17) is 9.73 Å². The van der Waals surface area contributed by atoms with Crippen LogP contribution in [0.2, 0.25) is 0 Å². The third-order valence-corrected chi connectivity index (χ3v) is 6.35. The zero-order chi connectivity index (χ0) is 19.1. The van der Waals surface area contributed by atoms with Crippen LogP contribution in [0, 0.1) is 0 Å². The fraction of sp³-hybridized carbons (Fsp3) is 0.900. The summed E-state index contributed by atoms with van der Waals surface area (Å²) >= 11 is 0. The van der Waals surface area contributed by atoms with E-state index in [0.717, 1.165) is 71.5 Å². The summed E-state index contributed by atoms with van der Waals surface area (Å²) in [5.41, 5.74) is 0.198. The molecule has 1 N–H and O–H groups in total. The molecule has 7 heteroatoms. The van der Waals surface area contributed by atoms with Crippen LogP contribution in [-0.2, 0) is 9.53 Å². The summed E-state index contributed by atoms with van der Waals surface area (Å²) in [7, 11) is 0. The van der Waals surface area contributed by atoms with Crippen molar-refractivity contribution in [1.82, 2.24) is 20.0 Å². The van der Waals surface area contributed by atoms with Gasteiger partial charge in [-0.05, 0) is 19.8 Å². The Morgan fingerprint density at radius 2 is 1.63 bits per heavy atom. The average Bonchev–Trinajstić information content (AvgIpc) is 2.72. The number of piperazine rings is 1. The molecule has 3 rings (SSSR count). The Bertz CT molecular complexity index is 505. The summed E-state index contributed by atoms with van der Waals surface area (Å²) in [4.78, 5) is 23.6. The van der Waals surface area contributed by atoms with Crippen LogP contribution in [0.25, 0.3) is 0 Å². The number of guanidine groups is 1. The lowest BCUT2D eigenvalue weighted by Crippen LogP contribution is -2.57. The first-order valence-electron chi connectivity index (χ1n) is 10.8. The van der Waals surface area contributed by atoms with Gasteiger partial charge in [-0.2, -0.15) is 0 Å². The van der Waals surface area contributed by atoms with Gasteiger partial charge in [0.2, 0.25) is 5.91 Å². The third kappa shape index (κ3) is 5.13. The number of ether oxygens (including phenoxy) is 1. The average molecular weight is 380 g/mol. The van der Waals surface area contributed by atoms with E-state index in [0.29, 0.717) is 0 Å². The molecule has 1 saturated carbocycles. The standard InChI is InChI=1S/C20H37N5O2/c1-3-21-19(24-11-9-23(10-12-24)18(2)26)22-17-20(7-5-4-6-8-20)25-13-15-27-16-14-25/h3-17H2,1-2H3,(H,21,22). The fourth-order valence-corrected chi connectivity index (χ4v) is 4.70. The van der Waals surface area contributed by atoms with Crippen molar-refractivity contribution in [2.75, 3.05) is 65.6 Å². The van der Waals surface area contributed by atoms with Gasteiger partial charge in [0.25, 0.3) is 0 Å². The van der Waals surface area contributed by atoms with E-state index in [1.807, 2.05) is 4.90 Å². The lowest BCUT2D eigenvalue weighted by molar-refractivity contribution is -0.130. The highest BCUT2D eigenvalue weighted by atomic mass is 16.5. The zero-order valence-corrected chi connectivity index (χ0v) is 17.2. The molecule has 0 aromatic heterocycles. The Hall–Kier alpha value is -1.34. The topological polar surface area (TPSA) is 60.4 Å². The zero-order valence-electron chi connectivity index (χ0n) is 17.2. The maximum atomic E-state index is 11.6. The van der Waals surface area contributed by atoms with Gasteiger partial charge in [0.15, 0.2) is 5.96 Å². The quantitative estimate of drug-likeness (QED) is 0.587. The number of amides is 1. The largest absolute Gasteiger partial charge is 0.379 e. The fourth-order valence-electron chi connectivity index (χ4n) is 4.70. The number of carbonyl (C=O) groups is 1. The number of hydrogen-bond acceptors (Lipinski definition) is 4. The number of rotatable bonds is 4. The van der Waals surface area contributed by atoms with E-state index in [2.05, 4.69) is 22.0 Å². The van der Waals surface area contributed by atoms with Crippen LogP contribution in [0.3, 0.4) is 0 Å². The molecule has 7 nitrogen and oxygen atoms in total. The number of carbonyl (C=O) groups excluding carboxylic acids is 1. The molecule has 0 unspecified atom stereocenters. The second-order valence-electron chi connectivity index (χ2n) is 8.05. The van der Waals surface area contributed by atoms with E-state index in [-0.39, 0.29) is 11.4 Å². The maximum Gasteiger partial charge on any atom is 0.219 e. The minimum absolute atomic E-state index is 0.171. The van der Waals surface area contributed by atoms with Crippen molar-refractivity contribution < 1.29 is 9.53 Å². The van der Waals surface area contributed by atoms with E-state index >= 15 is 0 Å². The summed E-state index contributed by atoms with van der Waals surface area (Å²) < 4.78 is 5.59. The molecule has 1 amide bonds.